The Bertz CT molecular complexity index is 1110. The average molecular weight is 708 g/mol. The number of rotatable bonds is 20. The van der Waals surface area contributed by atoms with Gasteiger partial charge in [0.25, 0.3) is 0 Å². The molecule has 0 amide bonds. The predicted molar refractivity (Wildman–Crippen MR) is 167 cm³/mol. The standard InChI is InChI=1S/C15H20O3.C13H18O2.C5H5BrF4O2/c16-14(13-9-5-4-6-10-13)11-7-2-1-3-8-12-15(17)18;14-13(15)11-7-2-1-4-8-12-9-5-3-6-10-12;6-5(9,10)4(7,8)2-1-3(11)12/h4-6,9-10H,1-3,7-8,11-12H2,(H,17,18);3,5-6,9-10H,1-2,4,7-8,11H2,(H,14,15);1-2H2,(H,11,12). The third-order valence-corrected chi connectivity index (χ3v) is 6.99. The van der Waals surface area contributed by atoms with Gasteiger partial charge in [0.2, 0.25) is 0 Å². The zero-order chi connectivity index (χ0) is 34.1. The van der Waals surface area contributed by atoms with Gasteiger partial charge in [0.1, 0.15) is 0 Å². The van der Waals surface area contributed by atoms with Gasteiger partial charge in [-0.2, -0.15) is 17.6 Å². The van der Waals surface area contributed by atoms with Gasteiger partial charge in [-0.05, 0) is 53.6 Å². The lowest BCUT2D eigenvalue weighted by Crippen LogP contribution is -2.35. The van der Waals surface area contributed by atoms with E-state index in [-0.39, 0.29) is 12.2 Å². The summed E-state index contributed by atoms with van der Waals surface area (Å²) in [6.07, 6.45) is 8.57. The van der Waals surface area contributed by atoms with Gasteiger partial charge >= 0.3 is 28.7 Å². The first-order valence-corrected chi connectivity index (χ1v) is 15.7. The number of unbranched alkanes of at least 4 members (excludes halogenated alkanes) is 7. The average Bonchev–Trinajstić information content (AvgIpc) is 2.98. The first kappa shape index (κ1) is 41.7. The quantitative estimate of drug-likeness (QED) is 0.0541. The molecule has 252 valence electrons. The van der Waals surface area contributed by atoms with Crippen LogP contribution in [-0.4, -0.2) is 49.8 Å². The number of benzene rings is 2. The molecule has 0 spiro atoms. The Balaban J connectivity index is 0.000000660. The Morgan fingerprint density at radius 3 is 1.40 bits per heavy atom. The van der Waals surface area contributed by atoms with E-state index in [0.717, 1.165) is 69.8 Å². The Morgan fingerprint density at radius 2 is 0.956 bits per heavy atom. The second kappa shape index (κ2) is 24.0. The van der Waals surface area contributed by atoms with Gasteiger partial charge in [0.15, 0.2) is 5.78 Å². The van der Waals surface area contributed by atoms with Crippen molar-refractivity contribution in [3.63, 3.8) is 0 Å². The van der Waals surface area contributed by atoms with Crippen LogP contribution in [0.15, 0.2) is 60.7 Å². The summed E-state index contributed by atoms with van der Waals surface area (Å²) in [6, 6.07) is 19.7. The highest BCUT2D eigenvalue weighted by Gasteiger charge is 2.53. The smallest absolute Gasteiger partial charge is 0.363 e. The number of hydrogen-bond donors (Lipinski definition) is 3. The van der Waals surface area contributed by atoms with Gasteiger partial charge in [-0.15, -0.1) is 0 Å². The van der Waals surface area contributed by atoms with Gasteiger partial charge in [0, 0.05) is 31.2 Å². The molecule has 0 aliphatic carbocycles. The van der Waals surface area contributed by atoms with Crippen molar-refractivity contribution in [2.45, 2.75) is 107 Å². The molecule has 0 radical (unpaired) electrons. The van der Waals surface area contributed by atoms with Crippen molar-refractivity contribution < 1.29 is 52.1 Å². The number of alkyl halides is 5. The Hall–Kier alpha value is -3.28. The van der Waals surface area contributed by atoms with E-state index in [1.165, 1.54) is 21.5 Å². The van der Waals surface area contributed by atoms with Crippen molar-refractivity contribution in [3.8, 4) is 0 Å². The number of ketones is 1. The predicted octanol–water partition coefficient (Wildman–Crippen LogP) is 9.42. The molecule has 0 aliphatic heterocycles. The second-order valence-electron chi connectivity index (χ2n) is 10.3. The lowest BCUT2D eigenvalue weighted by atomic mass is 10.0. The van der Waals surface area contributed by atoms with Crippen LogP contribution in [0.5, 0.6) is 0 Å². The van der Waals surface area contributed by atoms with Crippen LogP contribution < -0.4 is 0 Å². The first-order chi connectivity index (χ1) is 21.2. The number of carbonyl (C=O) groups is 4. The number of halogens is 5. The minimum atomic E-state index is -4.35. The van der Waals surface area contributed by atoms with Crippen LogP contribution in [0.3, 0.4) is 0 Å². The van der Waals surface area contributed by atoms with Gasteiger partial charge in [-0.3, -0.25) is 19.2 Å². The molecule has 0 bridgehead atoms. The third-order valence-electron chi connectivity index (χ3n) is 6.41. The summed E-state index contributed by atoms with van der Waals surface area (Å²) in [6.45, 7) is 0. The van der Waals surface area contributed by atoms with E-state index in [1.54, 1.807) is 0 Å². The normalized spacial score (nSPS) is 11.0. The molecule has 0 saturated carbocycles. The molecule has 0 unspecified atom stereocenters. The molecule has 0 fully saturated rings. The molecular formula is C33H43BrF4O7. The van der Waals surface area contributed by atoms with Gasteiger partial charge in [-0.25, -0.2) is 0 Å². The number of carboxylic acid groups (broad SMARTS) is 3. The molecule has 45 heavy (non-hydrogen) atoms. The van der Waals surface area contributed by atoms with Gasteiger partial charge in [0.05, 0.1) is 6.42 Å². The van der Waals surface area contributed by atoms with E-state index in [0.29, 0.717) is 12.8 Å². The van der Waals surface area contributed by atoms with Crippen LogP contribution >= 0.6 is 15.9 Å². The summed E-state index contributed by atoms with van der Waals surface area (Å²) < 4.78 is 48.3. The largest absolute Gasteiger partial charge is 0.481 e. The minimum Gasteiger partial charge on any atom is -0.481 e. The molecular weight excluding hydrogens is 664 g/mol. The Labute approximate surface area is 270 Å². The highest BCUT2D eigenvalue weighted by molar-refractivity contribution is 9.10. The first-order valence-electron chi connectivity index (χ1n) is 14.9. The maximum atomic E-state index is 12.2. The van der Waals surface area contributed by atoms with Crippen molar-refractivity contribution >= 4 is 39.6 Å². The van der Waals surface area contributed by atoms with Gasteiger partial charge < -0.3 is 15.3 Å². The third kappa shape index (κ3) is 23.7. The van der Waals surface area contributed by atoms with Crippen LogP contribution in [0.1, 0.15) is 106 Å². The van der Waals surface area contributed by atoms with Crippen molar-refractivity contribution in [2.75, 3.05) is 0 Å². The monoisotopic (exact) mass is 706 g/mol. The van der Waals surface area contributed by atoms with Crippen LogP contribution in [0.25, 0.3) is 0 Å². The molecule has 2 aromatic rings. The van der Waals surface area contributed by atoms with Crippen LogP contribution in [0.2, 0.25) is 0 Å². The Kier molecular flexibility index (Phi) is 22.3. The maximum Gasteiger partial charge on any atom is 0.363 e. The van der Waals surface area contributed by atoms with Crippen molar-refractivity contribution in [1.82, 2.24) is 0 Å². The fourth-order valence-electron chi connectivity index (χ4n) is 3.87. The Morgan fingerprint density at radius 1 is 0.556 bits per heavy atom. The van der Waals surface area contributed by atoms with Crippen LogP contribution in [-0.2, 0) is 20.8 Å². The van der Waals surface area contributed by atoms with E-state index >= 15 is 0 Å². The van der Waals surface area contributed by atoms with E-state index in [1.807, 2.05) is 36.4 Å². The molecule has 2 aromatic carbocycles. The summed E-state index contributed by atoms with van der Waals surface area (Å²) in [7, 11) is 0. The van der Waals surface area contributed by atoms with Gasteiger partial charge in [-0.1, -0.05) is 92.8 Å². The SMILES string of the molecule is O=C(O)CCC(F)(F)C(F)(F)Br.O=C(O)CCCCCCCC(=O)c1ccccc1.O=C(O)CCCCCCc1ccccc1. The van der Waals surface area contributed by atoms with E-state index in [9.17, 15) is 36.7 Å². The number of carbonyl (C=O) groups excluding carboxylic acids is 1. The zero-order valence-corrected chi connectivity index (χ0v) is 26.8. The van der Waals surface area contributed by atoms with Crippen LogP contribution in [0.4, 0.5) is 17.6 Å². The lowest BCUT2D eigenvalue weighted by Gasteiger charge is -2.20. The molecule has 0 aliphatic rings. The summed E-state index contributed by atoms with van der Waals surface area (Å²) in [5.41, 5.74) is 2.15. The second-order valence-corrected chi connectivity index (χ2v) is 11.3. The minimum absolute atomic E-state index is 0.195. The maximum absolute atomic E-state index is 12.2. The van der Waals surface area contributed by atoms with E-state index in [2.05, 4.69) is 24.3 Å². The number of Topliss-reactive ketones (excluding diaryl/α,β-unsaturated/α-hetero) is 1. The molecule has 0 saturated heterocycles. The molecule has 0 aromatic heterocycles. The highest BCUT2D eigenvalue weighted by Crippen LogP contribution is 2.42. The lowest BCUT2D eigenvalue weighted by molar-refractivity contribution is -0.159. The molecule has 12 heteroatoms. The van der Waals surface area contributed by atoms with Crippen molar-refractivity contribution in [3.05, 3.63) is 71.8 Å². The number of hydrogen-bond acceptors (Lipinski definition) is 4. The topological polar surface area (TPSA) is 129 Å². The summed E-state index contributed by atoms with van der Waals surface area (Å²) >= 11 is 1.47. The fraction of sp³-hybridized carbons (Fsp3) is 0.515. The molecule has 2 rings (SSSR count). The number of aryl methyl sites for hydroxylation is 1. The van der Waals surface area contributed by atoms with Crippen molar-refractivity contribution in [2.24, 2.45) is 0 Å². The van der Waals surface area contributed by atoms with E-state index < -0.39 is 41.5 Å². The highest BCUT2D eigenvalue weighted by atomic mass is 79.9. The van der Waals surface area contributed by atoms with E-state index in [4.69, 9.17) is 15.3 Å². The summed E-state index contributed by atoms with van der Waals surface area (Å²) in [5.74, 6) is -7.08. The number of carboxylic acids is 3. The summed E-state index contributed by atoms with van der Waals surface area (Å²) in [5, 5.41) is 24.9. The summed E-state index contributed by atoms with van der Waals surface area (Å²) in [4.78, 5) is 37.7. The fourth-order valence-corrected chi connectivity index (χ4v) is 4.07. The van der Waals surface area contributed by atoms with Crippen LogP contribution in [0, 0.1) is 0 Å². The zero-order valence-electron chi connectivity index (χ0n) is 25.2. The molecule has 7 nitrogen and oxygen atoms in total. The molecule has 3 N–H and O–H groups in total. The molecule has 0 atom stereocenters. The van der Waals surface area contributed by atoms with Crippen molar-refractivity contribution in [1.29, 1.82) is 0 Å². The molecule has 0 heterocycles. The number of aliphatic carboxylic acids is 3.